The van der Waals surface area contributed by atoms with E-state index in [0.717, 1.165) is 5.56 Å². The van der Waals surface area contributed by atoms with Crippen molar-refractivity contribution in [2.45, 2.75) is 19.5 Å². The number of amides is 3. The number of ether oxygens (including phenoxy) is 1. The van der Waals surface area contributed by atoms with Crippen molar-refractivity contribution in [3.05, 3.63) is 101 Å². The van der Waals surface area contributed by atoms with Crippen molar-refractivity contribution >= 4 is 17.7 Å². The zero-order valence-electron chi connectivity index (χ0n) is 20.2. The lowest BCUT2D eigenvalue weighted by atomic mass is 10.1. The second-order valence-corrected chi connectivity index (χ2v) is 8.61. The van der Waals surface area contributed by atoms with E-state index >= 15 is 0 Å². The smallest absolute Gasteiger partial charge is 0.261 e. The van der Waals surface area contributed by atoms with E-state index in [1.165, 1.54) is 4.90 Å². The molecular formula is C28H29N3O4. The van der Waals surface area contributed by atoms with Gasteiger partial charge in [0.25, 0.3) is 17.7 Å². The van der Waals surface area contributed by atoms with Crippen LogP contribution in [0.2, 0.25) is 0 Å². The van der Waals surface area contributed by atoms with Crippen LogP contribution in [0.5, 0.6) is 5.75 Å². The number of imide groups is 1. The normalized spacial score (nSPS) is 13.7. The predicted molar refractivity (Wildman–Crippen MR) is 133 cm³/mol. The van der Waals surface area contributed by atoms with Gasteiger partial charge in [0.05, 0.1) is 35.9 Å². The van der Waals surface area contributed by atoms with E-state index in [9.17, 15) is 14.4 Å². The fourth-order valence-electron chi connectivity index (χ4n) is 4.26. The Hall–Kier alpha value is -3.97. The van der Waals surface area contributed by atoms with Crippen LogP contribution in [0.15, 0.2) is 72.8 Å². The van der Waals surface area contributed by atoms with Gasteiger partial charge >= 0.3 is 0 Å². The molecule has 180 valence electrons. The van der Waals surface area contributed by atoms with Gasteiger partial charge in [0.15, 0.2) is 0 Å². The number of carbonyl (C=O) groups excluding carboxylic acids is 3. The monoisotopic (exact) mass is 471 g/mol. The standard InChI is InChI=1S/C28H29N3O4/c1-4-35-25-15-14-19(18-31-27(33)21-12-8-9-13-22(21)28(31)34)16-23(25)26(32)29-17-24(30(2)3)20-10-6-5-7-11-20/h5-16,24H,4,17-18H2,1-3H3,(H,29,32). The SMILES string of the molecule is CCOc1ccc(CN2C(=O)c3ccccc3C2=O)cc1C(=O)NCC(c1ccccc1)N(C)C. The molecule has 3 amide bonds. The molecule has 35 heavy (non-hydrogen) atoms. The lowest BCUT2D eigenvalue weighted by Crippen LogP contribution is -2.35. The summed E-state index contributed by atoms with van der Waals surface area (Å²) in [6.07, 6.45) is 0. The van der Waals surface area contributed by atoms with E-state index in [1.807, 2.05) is 51.4 Å². The van der Waals surface area contributed by atoms with E-state index < -0.39 is 0 Å². The number of nitrogens with zero attached hydrogens (tertiary/aromatic N) is 2. The average Bonchev–Trinajstić information content (AvgIpc) is 3.10. The van der Waals surface area contributed by atoms with Gasteiger partial charge in [-0.1, -0.05) is 48.5 Å². The molecule has 0 radical (unpaired) electrons. The summed E-state index contributed by atoms with van der Waals surface area (Å²) >= 11 is 0. The van der Waals surface area contributed by atoms with Crippen LogP contribution in [0.25, 0.3) is 0 Å². The molecule has 1 unspecified atom stereocenters. The van der Waals surface area contributed by atoms with Crippen molar-refractivity contribution in [3.63, 3.8) is 0 Å². The number of nitrogens with one attached hydrogen (secondary N) is 1. The number of likely N-dealkylation sites (N-methyl/N-ethyl adjacent to an activating group) is 1. The molecule has 0 saturated carbocycles. The number of hydrogen-bond donors (Lipinski definition) is 1. The van der Waals surface area contributed by atoms with E-state index in [2.05, 4.69) is 10.2 Å². The van der Waals surface area contributed by atoms with Crippen LogP contribution >= 0.6 is 0 Å². The Bertz CT molecular complexity index is 1200. The third kappa shape index (κ3) is 5.10. The van der Waals surface area contributed by atoms with Crippen LogP contribution in [0, 0.1) is 0 Å². The second-order valence-electron chi connectivity index (χ2n) is 8.61. The highest BCUT2D eigenvalue weighted by Crippen LogP contribution is 2.27. The van der Waals surface area contributed by atoms with Gasteiger partial charge < -0.3 is 15.0 Å². The Labute approximate surface area is 205 Å². The van der Waals surface area contributed by atoms with Crippen molar-refractivity contribution in [2.24, 2.45) is 0 Å². The lowest BCUT2D eigenvalue weighted by molar-refractivity contribution is 0.0642. The Morgan fingerprint density at radius 2 is 1.57 bits per heavy atom. The van der Waals surface area contributed by atoms with Crippen LogP contribution < -0.4 is 10.1 Å². The van der Waals surface area contributed by atoms with Gasteiger partial charge in [-0.05, 0) is 56.4 Å². The van der Waals surface area contributed by atoms with Gasteiger partial charge in [-0.25, -0.2) is 0 Å². The zero-order chi connectivity index (χ0) is 24.9. The molecule has 1 aliphatic rings. The van der Waals surface area contributed by atoms with Crippen molar-refractivity contribution in [3.8, 4) is 5.75 Å². The van der Waals surface area contributed by atoms with E-state index in [4.69, 9.17) is 4.74 Å². The molecule has 0 fully saturated rings. The molecule has 1 heterocycles. The van der Waals surface area contributed by atoms with Gasteiger partial charge in [0, 0.05) is 6.54 Å². The highest BCUT2D eigenvalue weighted by atomic mass is 16.5. The average molecular weight is 472 g/mol. The van der Waals surface area contributed by atoms with E-state index in [0.29, 0.717) is 41.2 Å². The highest BCUT2D eigenvalue weighted by molar-refractivity contribution is 6.21. The largest absolute Gasteiger partial charge is 0.493 e. The first kappa shape index (κ1) is 24.2. The fraction of sp³-hybridized carbons (Fsp3) is 0.250. The second kappa shape index (κ2) is 10.5. The molecule has 1 aliphatic heterocycles. The molecule has 0 aliphatic carbocycles. The summed E-state index contributed by atoms with van der Waals surface area (Å²) in [5, 5.41) is 3.02. The zero-order valence-corrected chi connectivity index (χ0v) is 20.2. The number of carbonyl (C=O) groups is 3. The van der Waals surface area contributed by atoms with E-state index in [-0.39, 0.29) is 30.3 Å². The maximum absolute atomic E-state index is 13.2. The third-order valence-corrected chi connectivity index (χ3v) is 6.07. The predicted octanol–water partition coefficient (Wildman–Crippen LogP) is 3.91. The van der Waals surface area contributed by atoms with E-state index in [1.54, 1.807) is 42.5 Å². The molecule has 7 nitrogen and oxygen atoms in total. The van der Waals surface area contributed by atoms with Crippen molar-refractivity contribution in [1.82, 2.24) is 15.1 Å². The summed E-state index contributed by atoms with van der Waals surface area (Å²) in [4.78, 5) is 42.0. The molecule has 3 aromatic carbocycles. The van der Waals surface area contributed by atoms with Crippen molar-refractivity contribution < 1.29 is 19.1 Å². The maximum atomic E-state index is 13.2. The first-order chi connectivity index (χ1) is 16.9. The molecule has 7 heteroatoms. The van der Waals surface area contributed by atoms with Crippen LogP contribution in [0.1, 0.15) is 55.2 Å². The molecule has 4 rings (SSSR count). The molecule has 1 atom stereocenters. The molecule has 0 aromatic heterocycles. The fourth-order valence-corrected chi connectivity index (χ4v) is 4.26. The Balaban J connectivity index is 1.54. The minimum absolute atomic E-state index is 0.00257. The molecule has 1 N–H and O–H groups in total. The summed E-state index contributed by atoms with van der Waals surface area (Å²) < 4.78 is 5.70. The van der Waals surface area contributed by atoms with Crippen LogP contribution in [-0.4, -0.2) is 54.8 Å². The minimum atomic E-state index is -0.331. The first-order valence-corrected chi connectivity index (χ1v) is 11.6. The van der Waals surface area contributed by atoms with Crippen molar-refractivity contribution in [1.29, 1.82) is 0 Å². The van der Waals surface area contributed by atoms with Gasteiger partial charge in [-0.15, -0.1) is 0 Å². The highest BCUT2D eigenvalue weighted by Gasteiger charge is 2.35. The molecular weight excluding hydrogens is 442 g/mol. The Morgan fingerprint density at radius 1 is 0.943 bits per heavy atom. The minimum Gasteiger partial charge on any atom is -0.493 e. The van der Waals surface area contributed by atoms with Gasteiger partial charge in [-0.3, -0.25) is 19.3 Å². The molecule has 3 aromatic rings. The quantitative estimate of drug-likeness (QED) is 0.479. The summed E-state index contributed by atoms with van der Waals surface area (Å²) in [5.41, 5.74) is 2.93. The van der Waals surface area contributed by atoms with Crippen molar-refractivity contribution in [2.75, 3.05) is 27.2 Å². The molecule has 0 bridgehead atoms. The number of benzene rings is 3. The summed E-state index contributed by atoms with van der Waals surface area (Å²) in [6.45, 7) is 2.74. The van der Waals surface area contributed by atoms with Gasteiger partial charge in [0.2, 0.25) is 0 Å². The number of rotatable bonds is 9. The third-order valence-electron chi connectivity index (χ3n) is 6.07. The molecule has 0 saturated heterocycles. The number of hydrogen-bond acceptors (Lipinski definition) is 5. The topological polar surface area (TPSA) is 78.9 Å². The Morgan fingerprint density at radius 3 is 2.17 bits per heavy atom. The summed E-state index contributed by atoms with van der Waals surface area (Å²) in [7, 11) is 3.94. The van der Waals surface area contributed by atoms with Gasteiger partial charge in [-0.2, -0.15) is 0 Å². The Kier molecular flexibility index (Phi) is 7.27. The molecule has 0 spiro atoms. The maximum Gasteiger partial charge on any atom is 0.261 e. The lowest BCUT2D eigenvalue weighted by Gasteiger charge is -2.25. The van der Waals surface area contributed by atoms with Crippen LogP contribution in [-0.2, 0) is 6.54 Å². The summed E-state index contributed by atoms with van der Waals surface area (Å²) in [6, 6.07) is 21.9. The number of fused-ring (bicyclic) bond motifs is 1. The van der Waals surface area contributed by atoms with Crippen LogP contribution in [0.4, 0.5) is 0 Å². The summed E-state index contributed by atoms with van der Waals surface area (Å²) in [5.74, 6) is -0.484. The van der Waals surface area contributed by atoms with Crippen LogP contribution in [0.3, 0.4) is 0 Å². The first-order valence-electron chi connectivity index (χ1n) is 11.6. The van der Waals surface area contributed by atoms with Gasteiger partial charge in [0.1, 0.15) is 5.75 Å².